The molecule has 2 aromatic carbocycles. The Labute approximate surface area is 162 Å². The van der Waals surface area contributed by atoms with E-state index >= 15 is 0 Å². The van der Waals surface area contributed by atoms with Gasteiger partial charge in [0.1, 0.15) is 0 Å². The van der Waals surface area contributed by atoms with Gasteiger partial charge in [-0.2, -0.15) is 5.10 Å². The summed E-state index contributed by atoms with van der Waals surface area (Å²) in [5, 5.41) is 6.26. The van der Waals surface area contributed by atoms with Crippen molar-refractivity contribution in [3.8, 4) is 0 Å². The maximum absolute atomic E-state index is 12.4. The lowest BCUT2D eigenvalue weighted by molar-refractivity contribution is -0.130. The normalized spacial score (nSPS) is 16.6. The second-order valence-corrected chi connectivity index (χ2v) is 7.15. The molecule has 1 aliphatic rings. The quantitative estimate of drug-likeness (QED) is 0.469. The van der Waals surface area contributed by atoms with E-state index in [1.54, 1.807) is 11.9 Å². The van der Waals surface area contributed by atoms with Crippen molar-refractivity contribution < 1.29 is 4.79 Å². The molecule has 0 aromatic heterocycles. The fraction of sp³-hybridized carbons (Fsp3) is 0.333. The summed E-state index contributed by atoms with van der Waals surface area (Å²) in [5.41, 5.74) is 2.17. The van der Waals surface area contributed by atoms with Crippen LogP contribution < -0.4 is 0 Å². The van der Waals surface area contributed by atoms with Crippen LogP contribution in [0.3, 0.4) is 0 Å². The van der Waals surface area contributed by atoms with E-state index in [0.29, 0.717) is 5.92 Å². The van der Waals surface area contributed by atoms with Crippen LogP contribution in [0, 0.1) is 5.92 Å². The molecule has 0 unspecified atom stereocenters. The lowest BCUT2D eigenvalue weighted by Gasteiger charge is -2.26. The van der Waals surface area contributed by atoms with Gasteiger partial charge in [0, 0.05) is 13.1 Å². The van der Waals surface area contributed by atoms with Crippen molar-refractivity contribution in [2.24, 2.45) is 11.0 Å². The van der Waals surface area contributed by atoms with Gasteiger partial charge in [-0.15, -0.1) is 0 Å². The Bertz CT molecular complexity index is 761. The van der Waals surface area contributed by atoms with E-state index in [2.05, 4.69) is 29.4 Å². The van der Waals surface area contributed by atoms with Gasteiger partial charge in [0.05, 0.1) is 6.04 Å². The maximum Gasteiger partial charge on any atom is 0.240 e. The van der Waals surface area contributed by atoms with Crippen LogP contribution >= 0.6 is 0 Å². The molecule has 1 atom stereocenters. The van der Waals surface area contributed by atoms with Crippen molar-refractivity contribution in [3.63, 3.8) is 0 Å². The predicted molar refractivity (Wildman–Crippen MR) is 112 cm³/mol. The lowest BCUT2D eigenvalue weighted by atomic mass is 9.90. The number of carbonyl (C=O) groups excluding carboxylic acids is 1. The summed E-state index contributed by atoms with van der Waals surface area (Å²) in [4.78, 5) is 12.4. The summed E-state index contributed by atoms with van der Waals surface area (Å²) in [7, 11) is 0. The zero-order chi connectivity index (χ0) is 18.9. The molecular formula is C24H28N2O. The topological polar surface area (TPSA) is 32.7 Å². The average Bonchev–Trinajstić information content (AvgIpc) is 2.72. The molecule has 0 bridgehead atoms. The zero-order valence-electron chi connectivity index (χ0n) is 16.0. The molecule has 3 rings (SSSR count). The number of amides is 1. The fourth-order valence-electron chi connectivity index (χ4n) is 3.55. The van der Waals surface area contributed by atoms with Crippen LogP contribution in [0.1, 0.15) is 56.2 Å². The number of hydrogen-bond acceptors (Lipinski definition) is 2. The van der Waals surface area contributed by atoms with Crippen molar-refractivity contribution in [2.75, 3.05) is 0 Å². The van der Waals surface area contributed by atoms with Crippen molar-refractivity contribution in [1.29, 1.82) is 0 Å². The third-order valence-electron chi connectivity index (χ3n) is 5.05. The molecule has 0 saturated heterocycles. The number of nitrogens with zero attached hydrogens (tertiary/aromatic N) is 2. The fourth-order valence-corrected chi connectivity index (χ4v) is 3.55. The van der Waals surface area contributed by atoms with E-state index in [-0.39, 0.29) is 11.9 Å². The third kappa shape index (κ3) is 5.65. The van der Waals surface area contributed by atoms with Crippen molar-refractivity contribution >= 4 is 18.2 Å². The standard InChI is InChI=1S/C24H28N2O/c1-20(27)26(25-19-22-13-7-3-8-14-22)24(23-15-9-4-10-16-23)18-17-21-11-5-2-6-12-21/h2,4-6,9-12,15-19,22,24H,3,7-8,13-14H2,1H3/b18-17+,25-19+/t24-/m0/s1. The highest BCUT2D eigenvalue weighted by Gasteiger charge is 2.21. The van der Waals surface area contributed by atoms with Crippen LogP contribution in [0.5, 0.6) is 0 Å². The monoisotopic (exact) mass is 360 g/mol. The molecule has 1 aliphatic carbocycles. The first-order valence-electron chi connectivity index (χ1n) is 9.86. The van der Waals surface area contributed by atoms with Crippen LogP contribution in [0.25, 0.3) is 6.08 Å². The first-order chi connectivity index (χ1) is 13.2. The SMILES string of the molecule is CC(=O)N(/N=C/C1CCCCC1)[C@@H](/C=C/c1ccccc1)c1ccccc1. The molecule has 1 saturated carbocycles. The van der Waals surface area contributed by atoms with Gasteiger partial charge < -0.3 is 0 Å². The van der Waals surface area contributed by atoms with Crippen LogP contribution in [0.4, 0.5) is 0 Å². The first-order valence-corrected chi connectivity index (χ1v) is 9.86. The summed E-state index contributed by atoms with van der Waals surface area (Å²) in [6.07, 6.45) is 12.3. The van der Waals surface area contributed by atoms with Gasteiger partial charge in [-0.25, -0.2) is 5.01 Å². The molecular weight excluding hydrogens is 332 g/mol. The van der Waals surface area contributed by atoms with E-state index in [9.17, 15) is 4.79 Å². The lowest BCUT2D eigenvalue weighted by Crippen LogP contribution is -2.28. The molecule has 140 valence electrons. The zero-order valence-corrected chi connectivity index (χ0v) is 16.0. The summed E-state index contributed by atoms with van der Waals surface area (Å²) < 4.78 is 0. The van der Waals surface area contributed by atoms with Crippen molar-refractivity contribution in [3.05, 3.63) is 77.9 Å². The second kappa shape index (κ2) is 9.86. The van der Waals surface area contributed by atoms with Gasteiger partial charge >= 0.3 is 0 Å². The van der Waals surface area contributed by atoms with Gasteiger partial charge in [-0.1, -0.05) is 92.1 Å². The maximum atomic E-state index is 12.4. The molecule has 0 radical (unpaired) electrons. The van der Waals surface area contributed by atoms with Crippen LogP contribution in [-0.2, 0) is 4.79 Å². The number of rotatable bonds is 6. The minimum Gasteiger partial charge on any atom is -0.273 e. The summed E-state index contributed by atoms with van der Waals surface area (Å²) >= 11 is 0. The highest BCUT2D eigenvalue weighted by atomic mass is 16.2. The van der Waals surface area contributed by atoms with Crippen LogP contribution in [0.15, 0.2) is 71.8 Å². The van der Waals surface area contributed by atoms with E-state index < -0.39 is 0 Å². The molecule has 3 heteroatoms. The van der Waals surface area contributed by atoms with Crippen LogP contribution in [0.2, 0.25) is 0 Å². The number of benzene rings is 2. The van der Waals surface area contributed by atoms with E-state index in [1.165, 1.54) is 32.1 Å². The average molecular weight is 361 g/mol. The van der Waals surface area contributed by atoms with Crippen molar-refractivity contribution in [1.82, 2.24) is 5.01 Å². The van der Waals surface area contributed by atoms with Crippen molar-refractivity contribution in [2.45, 2.75) is 45.1 Å². The van der Waals surface area contributed by atoms with Gasteiger partial charge in [0.2, 0.25) is 5.91 Å². The predicted octanol–water partition coefficient (Wildman–Crippen LogP) is 5.86. The molecule has 3 nitrogen and oxygen atoms in total. The van der Waals surface area contributed by atoms with E-state index in [0.717, 1.165) is 11.1 Å². The van der Waals surface area contributed by atoms with Gasteiger partial charge in [0.15, 0.2) is 0 Å². The molecule has 0 aliphatic heterocycles. The summed E-state index contributed by atoms with van der Waals surface area (Å²) in [5.74, 6) is 0.434. The first kappa shape index (κ1) is 19.1. The summed E-state index contributed by atoms with van der Waals surface area (Å²) in [6, 6.07) is 20.0. The Morgan fingerprint density at radius 2 is 1.63 bits per heavy atom. The minimum absolute atomic E-state index is 0.0476. The Kier molecular flexibility index (Phi) is 6.97. The molecule has 27 heavy (non-hydrogen) atoms. The molecule has 0 N–H and O–H groups in total. The van der Waals surface area contributed by atoms with Gasteiger partial charge in [-0.3, -0.25) is 4.79 Å². The number of hydrogen-bond donors (Lipinski definition) is 0. The molecule has 2 aromatic rings. The summed E-state index contributed by atoms with van der Waals surface area (Å²) in [6.45, 7) is 1.59. The number of hydrazone groups is 1. The highest BCUT2D eigenvalue weighted by Crippen LogP contribution is 2.26. The van der Waals surface area contributed by atoms with Crippen LogP contribution in [-0.4, -0.2) is 17.1 Å². The molecule has 0 spiro atoms. The number of carbonyl (C=O) groups is 1. The Balaban J connectivity index is 1.87. The third-order valence-corrected chi connectivity index (χ3v) is 5.05. The van der Waals surface area contributed by atoms with Gasteiger partial charge in [0.25, 0.3) is 0 Å². The minimum atomic E-state index is -0.219. The highest BCUT2D eigenvalue weighted by molar-refractivity contribution is 5.76. The molecule has 1 fully saturated rings. The molecule has 1 amide bonds. The molecule has 0 heterocycles. The second-order valence-electron chi connectivity index (χ2n) is 7.15. The Morgan fingerprint density at radius 1 is 1.00 bits per heavy atom. The van der Waals surface area contributed by atoms with Gasteiger partial charge in [-0.05, 0) is 29.9 Å². The Morgan fingerprint density at radius 3 is 2.26 bits per heavy atom. The largest absolute Gasteiger partial charge is 0.273 e. The van der Waals surface area contributed by atoms with E-state index in [4.69, 9.17) is 0 Å². The smallest absolute Gasteiger partial charge is 0.240 e. The van der Waals surface area contributed by atoms with E-state index in [1.807, 2.05) is 54.7 Å². The Hall–Kier alpha value is -2.68.